The van der Waals surface area contributed by atoms with Crippen molar-refractivity contribution >= 4 is 47.9 Å². The fraction of sp³-hybridized carbons (Fsp3) is 0.231. The molecule has 380 valence electrons. The molecular formula is C52H44BClF4N6O10. The summed E-state index contributed by atoms with van der Waals surface area (Å²) < 4.78 is 62.3. The van der Waals surface area contributed by atoms with Crippen LogP contribution in [0.1, 0.15) is 58.8 Å². The van der Waals surface area contributed by atoms with Crippen LogP contribution in [0, 0.1) is 47.0 Å². The third-order valence-electron chi connectivity index (χ3n) is 10.8. The van der Waals surface area contributed by atoms with Crippen molar-refractivity contribution in [1.29, 1.82) is 0 Å². The SMILES string of the molecule is CCOC(=O)c1cc(-c2cc(F)cc(F)c2)nc(-c2cccc(C#C[C@]3(O)CCN(C)C3=O)c2)n1.CCOC(=O)c1cc(Cl)nc(-c2cccc(C#C[C@]3(O)CCN(C)C3=O)c2)n1.OB(O)c1cc(F)cc(F)c1. The van der Waals surface area contributed by atoms with E-state index in [1.165, 1.54) is 21.9 Å². The van der Waals surface area contributed by atoms with Gasteiger partial charge in [-0.05, 0) is 73.9 Å². The summed E-state index contributed by atoms with van der Waals surface area (Å²) in [6, 6.07) is 21.5. The number of carbonyl (C=O) groups excluding carboxylic acids is 4. The van der Waals surface area contributed by atoms with Gasteiger partial charge in [0.1, 0.15) is 28.4 Å². The minimum atomic E-state index is -1.83. The number of hydrogen-bond acceptors (Lipinski definition) is 14. The van der Waals surface area contributed by atoms with Gasteiger partial charge in [0.05, 0.1) is 18.9 Å². The molecule has 2 amide bonds. The van der Waals surface area contributed by atoms with Gasteiger partial charge >= 0.3 is 19.1 Å². The zero-order valence-electron chi connectivity index (χ0n) is 39.9. The molecule has 2 aliphatic heterocycles. The van der Waals surface area contributed by atoms with Gasteiger partial charge in [-0.1, -0.05) is 59.5 Å². The number of carbonyl (C=O) groups is 4. The Labute approximate surface area is 426 Å². The lowest BCUT2D eigenvalue weighted by atomic mass is 9.80. The Morgan fingerprint density at radius 2 is 1.07 bits per heavy atom. The van der Waals surface area contributed by atoms with E-state index in [9.17, 15) is 47.0 Å². The van der Waals surface area contributed by atoms with Gasteiger partial charge in [-0.25, -0.2) is 47.1 Å². The van der Waals surface area contributed by atoms with Crippen LogP contribution >= 0.6 is 11.6 Å². The molecule has 6 aromatic rings. The van der Waals surface area contributed by atoms with Crippen LogP contribution in [0.25, 0.3) is 34.0 Å². The fourth-order valence-electron chi connectivity index (χ4n) is 7.08. The topological polar surface area (TPSA) is 226 Å². The monoisotopic (exact) mass is 1030 g/mol. The van der Waals surface area contributed by atoms with E-state index in [0.29, 0.717) is 41.4 Å². The second kappa shape index (κ2) is 24.1. The van der Waals surface area contributed by atoms with Crippen molar-refractivity contribution in [3.05, 3.63) is 148 Å². The average Bonchev–Trinajstić information content (AvgIpc) is 3.78. The van der Waals surface area contributed by atoms with Crippen molar-refractivity contribution in [2.75, 3.05) is 40.4 Å². The van der Waals surface area contributed by atoms with Gasteiger partial charge in [-0.3, -0.25) is 9.59 Å². The summed E-state index contributed by atoms with van der Waals surface area (Å²) in [5.74, 6) is 5.90. The molecule has 2 aromatic heterocycles. The van der Waals surface area contributed by atoms with Gasteiger partial charge in [0.2, 0.25) is 11.2 Å². The van der Waals surface area contributed by atoms with E-state index in [-0.39, 0.29) is 71.0 Å². The highest BCUT2D eigenvalue weighted by Crippen LogP contribution is 2.27. The van der Waals surface area contributed by atoms with Crippen molar-refractivity contribution in [2.45, 2.75) is 37.9 Å². The second-order valence-electron chi connectivity index (χ2n) is 16.4. The quantitative estimate of drug-likeness (QED) is 0.0530. The Bertz CT molecular complexity index is 3220. The van der Waals surface area contributed by atoms with Crippen molar-refractivity contribution < 1.29 is 66.5 Å². The van der Waals surface area contributed by atoms with E-state index in [1.54, 1.807) is 76.5 Å². The number of amides is 2. The second-order valence-corrected chi connectivity index (χ2v) is 16.8. The molecule has 4 heterocycles. The number of benzene rings is 4. The van der Waals surface area contributed by atoms with Gasteiger partial charge in [0.25, 0.3) is 11.8 Å². The molecule has 0 bridgehead atoms. The molecule has 2 aliphatic rings. The maximum absolute atomic E-state index is 13.8. The van der Waals surface area contributed by atoms with Crippen LogP contribution in [-0.2, 0) is 19.1 Å². The largest absolute Gasteiger partial charge is 0.488 e. The molecule has 0 saturated carbocycles. The van der Waals surface area contributed by atoms with E-state index in [1.807, 2.05) is 0 Å². The molecule has 0 unspecified atom stereocenters. The van der Waals surface area contributed by atoms with Crippen LogP contribution in [-0.4, -0.2) is 132 Å². The molecule has 0 radical (unpaired) electrons. The summed E-state index contributed by atoms with van der Waals surface area (Å²) in [7, 11) is 1.39. The van der Waals surface area contributed by atoms with Crippen LogP contribution in [0.2, 0.25) is 5.15 Å². The highest BCUT2D eigenvalue weighted by molar-refractivity contribution is 6.58. The predicted molar refractivity (Wildman–Crippen MR) is 262 cm³/mol. The van der Waals surface area contributed by atoms with Crippen molar-refractivity contribution in [1.82, 2.24) is 29.7 Å². The standard InChI is InChI=1S/C26H21F2N3O4.C20H18ClN3O4.C6H5BF2O2/c1-3-35-24(32)22-15-21(18-12-19(27)14-20(28)13-18)29-23(30-22)17-6-4-5-16(11-17)7-8-26(34)9-10-31(2)25(26)33;1-3-28-18(25)15-12-16(21)23-17(22-15)14-6-4-5-13(11-14)7-8-20(27)9-10-24(2)19(20)26;8-5-1-4(7(10)11)2-6(9)3-5/h4-6,11-15,34H,3,9-10H2,1-2H3;4-6,11-12,27H,3,9-10H2,1-2H3;1-3,10-11H/t26-;20-;/m00./s1. The first-order chi connectivity index (χ1) is 35.1. The molecule has 2 fully saturated rings. The number of rotatable bonds is 8. The molecule has 4 aromatic carbocycles. The van der Waals surface area contributed by atoms with Gasteiger partial charge in [-0.15, -0.1) is 0 Å². The fourth-order valence-corrected chi connectivity index (χ4v) is 7.26. The normalized spacial score (nSPS) is 16.6. The van der Waals surface area contributed by atoms with E-state index >= 15 is 0 Å². The average molecular weight is 1040 g/mol. The Kier molecular flexibility index (Phi) is 18.0. The Morgan fingerprint density at radius 1 is 0.635 bits per heavy atom. The number of nitrogens with zero attached hydrogens (tertiary/aromatic N) is 6. The van der Waals surface area contributed by atoms with Crippen molar-refractivity contribution in [2.24, 2.45) is 0 Å². The molecular weight excluding hydrogens is 991 g/mol. The summed E-state index contributed by atoms with van der Waals surface area (Å²) in [5.41, 5.74) is -1.30. The maximum atomic E-state index is 13.8. The molecule has 0 spiro atoms. The summed E-state index contributed by atoms with van der Waals surface area (Å²) in [4.78, 5) is 68.4. The molecule has 16 nitrogen and oxygen atoms in total. The van der Waals surface area contributed by atoms with E-state index < -0.39 is 65.3 Å². The van der Waals surface area contributed by atoms with Crippen molar-refractivity contribution in [3.63, 3.8) is 0 Å². The minimum Gasteiger partial charge on any atom is -0.461 e. The molecule has 74 heavy (non-hydrogen) atoms. The lowest BCUT2D eigenvalue weighted by molar-refractivity contribution is -0.138. The maximum Gasteiger partial charge on any atom is 0.488 e. The van der Waals surface area contributed by atoms with E-state index in [2.05, 4.69) is 43.6 Å². The number of esters is 2. The summed E-state index contributed by atoms with van der Waals surface area (Å²) in [5, 5.41) is 38.0. The van der Waals surface area contributed by atoms with Crippen LogP contribution in [0.15, 0.2) is 97.1 Å². The summed E-state index contributed by atoms with van der Waals surface area (Å²) >= 11 is 6.02. The number of likely N-dealkylation sites (tertiary alicyclic amines) is 2. The molecule has 2 atom stereocenters. The van der Waals surface area contributed by atoms with Gasteiger partial charge < -0.3 is 39.5 Å². The molecule has 8 rings (SSSR count). The summed E-state index contributed by atoms with van der Waals surface area (Å²) in [6.07, 6.45) is 0.461. The molecule has 2 saturated heterocycles. The number of ether oxygens (including phenoxy) is 2. The van der Waals surface area contributed by atoms with Crippen LogP contribution in [0.4, 0.5) is 17.6 Å². The number of aliphatic hydroxyl groups is 2. The van der Waals surface area contributed by atoms with E-state index in [0.717, 1.165) is 30.3 Å². The summed E-state index contributed by atoms with van der Waals surface area (Å²) in [6.45, 7) is 4.54. The molecule has 4 N–H and O–H groups in total. The Morgan fingerprint density at radius 3 is 1.49 bits per heavy atom. The van der Waals surface area contributed by atoms with Gasteiger partial charge in [0.15, 0.2) is 23.0 Å². The first-order valence-corrected chi connectivity index (χ1v) is 22.8. The zero-order chi connectivity index (χ0) is 53.9. The smallest absolute Gasteiger partial charge is 0.461 e. The van der Waals surface area contributed by atoms with Crippen LogP contribution in [0.3, 0.4) is 0 Å². The predicted octanol–water partition coefficient (Wildman–Crippen LogP) is 4.77. The van der Waals surface area contributed by atoms with Gasteiger partial charge in [-0.2, -0.15) is 0 Å². The minimum absolute atomic E-state index is 0.0576. The van der Waals surface area contributed by atoms with Crippen LogP contribution in [0.5, 0.6) is 0 Å². The third kappa shape index (κ3) is 14.1. The molecule has 0 aliphatic carbocycles. The third-order valence-corrected chi connectivity index (χ3v) is 11.0. The lowest BCUT2D eigenvalue weighted by Gasteiger charge is -2.13. The van der Waals surface area contributed by atoms with Crippen LogP contribution < -0.4 is 5.46 Å². The highest BCUT2D eigenvalue weighted by Gasteiger charge is 2.43. The number of likely N-dealkylation sites (N-methyl/N-ethyl adjacent to an activating group) is 2. The Balaban J connectivity index is 0.000000203. The number of hydrogen-bond donors (Lipinski definition) is 4. The van der Waals surface area contributed by atoms with E-state index in [4.69, 9.17) is 31.1 Å². The first kappa shape index (κ1) is 55.3. The number of halogens is 5. The Hall–Kier alpha value is -8.05. The van der Waals surface area contributed by atoms with Crippen molar-refractivity contribution in [3.8, 4) is 57.7 Å². The molecule has 22 heteroatoms. The van der Waals surface area contributed by atoms with Gasteiger partial charge in [0, 0.05) is 86.0 Å². The number of aromatic nitrogens is 4. The first-order valence-electron chi connectivity index (χ1n) is 22.4. The highest BCUT2D eigenvalue weighted by atomic mass is 35.5. The lowest BCUT2D eigenvalue weighted by Crippen LogP contribution is -2.37. The zero-order valence-corrected chi connectivity index (χ0v) is 40.6.